The van der Waals surface area contributed by atoms with Crippen molar-refractivity contribution in [3.63, 3.8) is 0 Å². The summed E-state index contributed by atoms with van der Waals surface area (Å²) in [6.45, 7) is 10.1. The highest BCUT2D eigenvalue weighted by atomic mass is 35.5. The summed E-state index contributed by atoms with van der Waals surface area (Å²) in [6.07, 6.45) is 1.13. The van der Waals surface area contributed by atoms with E-state index >= 15 is 0 Å². The first-order valence-electron chi connectivity index (χ1n) is 7.35. The van der Waals surface area contributed by atoms with Gasteiger partial charge in [0, 0.05) is 26.8 Å². The Bertz CT molecular complexity index is 375. The van der Waals surface area contributed by atoms with Crippen LogP contribution in [0.1, 0.15) is 5.56 Å². The van der Waals surface area contributed by atoms with Gasteiger partial charge in [-0.2, -0.15) is 0 Å². The molecule has 1 aromatic rings. The van der Waals surface area contributed by atoms with E-state index in [1.807, 2.05) is 12.1 Å². The molecule has 1 N–H and O–H groups in total. The lowest BCUT2D eigenvalue weighted by atomic mass is 10.0. The molecule has 2 nitrogen and oxygen atoms in total. The van der Waals surface area contributed by atoms with Crippen LogP contribution in [0, 0.1) is 5.92 Å². The first-order valence-corrected chi connectivity index (χ1v) is 11.4. The minimum absolute atomic E-state index is 0.694. The van der Waals surface area contributed by atoms with Crippen molar-refractivity contribution >= 4 is 19.7 Å². The van der Waals surface area contributed by atoms with Crippen LogP contribution < -0.4 is 5.32 Å². The van der Waals surface area contributed by atoms with E-state index in [4.69, 9.17) is 16.3 Å². The molecular weight excluding hydrogens is 286 g/mol. The Morgan fingerprint density at radius 2 is 1.85 bits per heavy atom. The molecule has 0 aromatic heterocycles. The number of halogens is 1. The maximum atomic E-state index is 5.95. The van der Waals surface area contributed by atoms with Gasteiger partial charge in [0.25, 0.3) is 0 Å². The lowest BCUT2D eigenvalue weighted by molar-refractivity contribution is 0.198. The monoisotopic (exact) mass is 313 g/mol. The Morgan fingerprint density at radius 1 is 1.20 bits per heavy atom. The SMILES string of the molecule is COCCNCC(Cc1ccc(Cl)cc1)C[Si](C)(C)C. The van der Waals surface area contributed by atoms with Gasteiger partial charge >= 0.3 is 0 Å². The Kier molecular flexibility index (Phi) is 7.81. The summed E-state index contributed by atoms with van der Waals surface area (Å²) < 4.78 is 5.09. The molecule has 0 saturated carbocycles. The van der Waals surface area contributed by atoms with E-state index in [2.05, 4.69) is 37.1 Å². The normalized spacial score (nSPS) is 13.4. The molecule has 4 heteroatoms. The van der Waals surface area contributed by atoms with E-state index < -0.39 is 8.07 Å². The Balaban J connectivity index is 2.54. The molecule has 0 spiro atoms. The molecule has 0 radical (unpaired) electrons. The fourth-order valence-corrected chi connectivity index (χ4v) is 4.66. The molecule has 0 heterocycles. The topological polar surface area (TPSA) is 21.3 Å². The zero-order chi connectivity index (χ0) is 15.0. The quantitative estimate of drug-likeness (QED) is 0.548. The fraction of sp³-hybridized carbons (Fsp3) is 0.625. The molecule has 0 amide bonds. The average molecular weight is 314 g/mol. The van der Waals surface area contributed by atoms with Crippen LogP contribution in [-0.2, 0) is 11.2 Å². The standard InChI is InChI=1S/C16H28ClNOSi/c1-19-10-9-18-12-15(13-20(2,3)4)11-14-5-7-16(17)8-6-14/h5-8,15,18H,9-13H2,1-4H3. The Morgan fingerprint density at radius 3 is 2.40 bits per heavy atom. The first-order chi connectivity index (χ1) is 9.40. The number of hydrogen-bond acceptors (Lipinski definition) is 2. The van der Waals surface area contributed by atoms with Gasteiger partial charge in [0.15, 0.2) is 0 Å². The fourth-order valence-electron chi connectivity index (χ4n) is 2.52. The predicted octanol–water partition coefficient (Wildman–Crippen LogP) is 4.07. The van der Waals surface area contributed by atoms with Crippen molar-refractivity contribution in [2.45, 2.75) is 32.1 Å². The third-order valence-corrected chi connectivity index (χ3v) is 5.31. The Hall–Kier alpha value is -0.353. The molecule has 1 aromatic carbocycles. The van der Waals surface area contributed by atoms with Crippen molar-refractivity contribution in [3.8, 4) is 0 Å². The minimum Gasteiger partial charge on any atom is -0.383 e. The second-order valence-electron chi connectivity index (χ2n) is 6.66. The number of benzene rings is 1. The number of ether oxygens (including phenoxy) is 1. The van der Waals surface area contributed by atoms with Crippen molar-refractivity contribution < 1.29 is 4.74 Å². The zero-order valence-electron chi connectivity index (χ0n) is 13.2. The smallest absolute Gasteiger partial charge is 0.0587 e. The van der Waals surface area contributed by atoms with E-state index in [-0.39, 0.29) is 0 Å². The molecule has 0 bridgehead atoms. The second-order valence-corrected chi connectivity index (χ2v) is 12.6. The molecule has 114 valence electrons. The van der Waals surface area contributed by atoms with Gasteiger partial charge in [-0.15, -0.1) is 0 Å². The molecule has 0 aliphatic carbocycles. The van der Waals surface area contributed by atoms with E-state index in [0.29, 0.717) is 5.92 Å². The summed E-state index contributed by atoms with van der Waals surface area (Å²) in [5, 5.41) is 4.33. The third-order valence-electron chi connectivity index (χ3n) is 3.25. The number of methoxy groups -OCH3 is 1. The van der Waals surface area contributed by atoms with E-state index in [1.54, 1.807) is 7.11 Å². The molecule has 0 saturated heterocycles. The van der Waals surface area contributed by atoms with Crippen LogP contribution in [0.2, 0.25) is 30.7 Å². The highest BCUT2D eigenvalue weighted by Crippen LogP contribution is 2.21. The molecule has 0 aliphatic heterocycles. The van der Waals surface area contributed by atoms with Gasteiger partial charge in [-0.25, -0.2) is 0 Å². The highest BCUT2D eigenvalue weighted by molar-refractivity contribution is 6.76. The van der Waals surface area contributed by atoms with Crippen molar-refractivity contribution in [1.29, 1.82) is 0 Å². The summed E-state index contributed by atoms with van der Waals surface area (Å²) in [4.78, 5) is 0. The average Bonchev–Trinajstić information content (AvgIpc) is 2.35. The van der Waals surface area contributed by atoms with Gasteiger partial charge in [0.2, 0.25) is 0 Å². The van der Waals surface area contributed by atoms with Crippen LogP contribution in [0.5, 0.6) is 0 Å². The molecule has 1 atom stereocenters. The van der Waals surface area contributed by atoms with Crippen molar-refractivity contribution in [1.82, 2.24) is 5.32 Å². The number of hydrogen-bond donors (Lipinski definition) is 1. The molecule has 1 rings (SSSR count). The Labute approximate surface area is 129 Å². The van der Waals surface area contributed by atoms with E-state index in [0.717, 1.165) is 31.1 Å². The van der Waals surface area contributed by atoms with Crippen LogP contribution in [0.15, 0.2) is 24.3 Å². The van der Waals surface area contributed by atoms with Crippen LogP contribution in [0.4, 0.5) is 0 Å². The van der Waals surface area contributed by atoms with Gasteiger partial charge in [-0.1, -0.05) is 49.4 Å². The lowest BCUT2D eigenvalue weighted by Gasteiger charge is -2.25. The van der Waals surface area contributed by atoms with E-state index in [1.165, 1.54) is 11.6 Å². The van der Waals surface area contributed by atoms with Gasteiger partial charge < -0.3 is 10.1 Å². The zero-order valence-corrected chi connectivity index (χ0v) is 15.0. The molecular formula is C16H28ClNOSi. The largest absolute Gasteiger partial charge is 0.383 e. The lowest BCUT2D eigenvalue weighted by Crippen LogP contribution is -2.33. The maximum Gasteiger partial charge on any atom is 0.0587 e. The molecule has 20 heavy (non-hydrogen) atoms. The highest BCUT2D eigenvalue weighted by Gasteiger charge is 2.20. The minimum atomic E-state index is -1.05. The molecule has 0 fully saturated rings. The summed E-state index contributed by atoms with van der Waals surface area (Å²) in [6, 6.07) is 9.61. The van der Waals surface area contributed by atoms with Crippen molar-refractivity contribution in [3.05, 3.63) is 34.9 Å². The van der Waals surface area contributed by atoms with Crippen LogP contribution in [-0.4, -0.2) is 34.9 Å². The first kappa shape index (κ1) is 17.7. The van der Waals surface area contributed by atoms with Crippen LogP contribution in [0.3, 0.4) is 0 Å². The van der Waals surface area contributed by atoms with Gasteiger partial charge in [-0.3, -0.25) is 0 Å². The van der Waals surface area contributed by atoms with Gasteiger partial charge in [0.05, 0.1) is 6.61 Å². The van der Waals surface area contributed by atoms with Gasteiger partial charge in [-0.05, 0) is 36.6 Å². The summed E-state index contributed by atoms with van der Waals surface area (Å²) in [5.74, 6) is 0.694. The second kappa shape index (κ2) is 8.83. The van der Waals surface area contributed by atoms with E-state index in [9.17, 15) is 0 Å². The van der Waals surface area contributed by atoms with Crippen LogP contribution >= 0.6 is 11.6 Å². The molecule has 0 aliphatic rings. The van der Waals surface area contributed by atoms with Crippen LogP contribution in [0.25, 0.3) is 0 Å². The summed E-state index contributed by atoms with van der Waals surface area (Å²) >= 11 is 5.95. The van der Waals surface area contributed by atoms with Crippen molar-refractivity contribution in [2.24, 2.45) is 5.92 Å². The third kappa shape index (κ3) is 8.05. The number of nitrogens with one attached hydrogen (secondary N) is 1. The summed E-state index contributed by atoms with van der Waals surface area (Å²) in [5.41, 5.74) is 1.38. The number of rotatable bonds is 9. The molecule has 1 unspecified atom stereocenters. The summed E-state index contributed by atoms with van der Waals surface area (Å²) in [7, 11) is 0.694. The van der Waals surface area contributed by atoms with Gasteiger partial charge in [0.1, 0.15) is 0 Å². The van der Waals surface area contributed by atoms with Crippen molar-refractivity contribution in [2.75, 3.05) is 26.8 Å². The predicted molar refractivity (Wildman–Crippen MR) is 91.5 cm³/mol. The maximum absolute atomic E-state index is 5.95.